The molecule has 0 aliphatic rings. The lowest BCUT2D eigenvalue weighted by Gasteiger charge is -2.10. The topological polar surface area (TPSA) is 52.6 Å². The van der Waals surface area contributed by atoms with E-state index in [0.717, 1.165) is 6.42 Å². The second kappa shape index (κ2) is 8.22. The molecule has 1 rings (SSSR count). The van der Waals surface area contributed by atoms with Crippen molar-refractivity contribution in [2.45, 2.75) is 25.2 Å². The van der Waals surface area contributed by atoms with Crippen LogP contribution in [0.1, 0.15) is 20.3 Å². The van der Waals surface area contributed by atoms with E-state index in [4.69, 9.17) is 20.2 Å². The van der Waals surface area contributed by atoms with Crippen LogP contribution in [0.25, 0.3) is 0 Å². The first-order chi connectivity index (χ1) is 9.30. The number of benzene rings is 1. The fraction of sp³-hybridized carbons (Fsp3) is 0.538. The molecule has 0 atom stereocenters. The number of hydrogen-bond acceptors (Lipinski definition) is 4. The Bertz CT molecular complexity index is 531. The van der Waals surface area contributed by atoms with Gasteiger partial charge in [-0.05, 0) is 46.5 Å². The maximum atomic E-state index is 11.2. The van der Waals surface area contributed by atoms with Crippen molar-refractivity contribution in [3.63, 3.8) is 0 Å². The summed E-state index contributed by atoms with van der Waals surface area (Å²) in [7, 11) is 1.54. The van der Waals surface area contributed by atoms with Crippen molar-refractivity contribution in [3.05, 3.63) is 22.7 Å². The molecule has 0 radical (unpaired) electrons. The van der Waals surface area contributed by atoms with Crippen molar-refractivity contribution in [2.75, 3.05) is 19.8 Å². The maximum absolute atomic E-state index is 11.2. The fourth-order valence-electron chi connectivity index (χ4n) is 1.38. The molecule has 0 amide bonds. The molecule has 0 bridgehead atoms. The van der Waals surface area contributed by atoms with Crippen LogP contribution in [0.4, 0.5) is 0 Å². The van der Waals surface area contributed by atoms with E-state index in [1.165, 1.54) is 12.1 Å². The van der Waals surface area contributed by atoms with E-state index in [1.807, 2.05) is 0 Å². The van der Waals surface area contributed by atoms with Gasteiger partial charge in [-0.2, -0.15) is 0 Å². The predicted octanol–water partition coefficient (Wildman–Crippen LogP) is 3.82. The van der Waals surface area contributed by atoms with E-state index in [2.05, 4.69) is 29.8 Å². The number of ether oxygens (including phenoxy) is 2. The van der Waals surface area contributed by atoms with Gasteiger partial charge in [0.25, 0.3) is 9.05 Å². The molecule has 0 heterocycles. The molecule has 7 heteroatoms. The van der Waals surface area contributed by atoms with Crippen LogP contribution in [0.5, 0.6) is 5.75 Å². The highest BCUT2D eigenvalue weighted by Crippen LogP contribution is 2.29. The van der Waals surface area contributed by atoms with Gasteiger partial charge >= 0.3 is 0 Å². The summed E-state index contributed by atoms with van der Waals surface area (Å²) in [4.78, 5) is 0.0339. The molecule has 0 aromatic heterocycles. The van der Waals surface area contributed by atoms with Crippen LogP contribution in [-0.2, 0) is 13.8 Å². The Morgan fingerprint density at radius 1 is 1.25 bits per heavy atom. The molecule has 4 nitrogen and oxygen atoms in total. The molecule has 0 spiro atoms. The van der Waals surface area contributed by atoms with Gasteiger partial charge in [0.15, 0.2) is 0 Å². The van der Waals surface area contributed by atoms with E-state index < -0.39 is 9.05 Å². The van der Waals surface area contributed by atoms with Crippen molar-refractivity contribution in [3.8, 4) is 5.75 Å². The van der Waals surface area contributed by atoms with Gasteiger partial charge in [0, 0.05) is 17.3 Å². The lowest BCUT2D eigenvalue weighted by Crippen LogP contribution is -2.09. The van der Waals surface area contributed by atoms with Crippen LogP contribution >= 0.6 is 26.6 Å². The molecule has 114 valence electrons. The third kappa shape index (κ3) is 6.43. The highest BCUT2D eigenvalue weighted by atomic mass is 79.9. The van der Waals surface area contributed by atoms with E-state index in [9.17, 15) is 8.42 Å². The molecule has 0 unspecified atom stereocenters. The zero-order valence-corrected chi connectivity index (χ0v) is 14.6. The van der Waals surface area contributed by atoms with Crippen molar-refractivity contribution in [1.29, 1.82) is 0 Å². The van der Waals surface area contributed by atoms with Crippen LogP contribution in [0.2, 0.25) is 0 Å². The Morgan fingerprint density at radius 3 is 2.50 bits per heavy atom. The van der Waals surface area contributed by atoms with Gasteiger partial charge < -0.3 is 9.47 Å². The fourth-order valence-corrected chi connectivity index (χ4v) is 2.80. The normalized spacial score (nSPS) is 11.8. The molecular weight excluding hydrogens is 368 g/mol. The SMILES string of the molecule is CC(C)CCOCCOc1ccc(S(=O)(=O)Cl)cc1Br. The molecule has 0 aliphatic heterocycles. The van der Waals surface area contributed by atoms with Crippen LogP contribution < -0.4 is 4.74 Å². The second-order valence-electron chi connectivity index (χ2n) is 4.67. The highest BCUT2D eigenvalue weighted by molar-refractivity contribution is 9.10. The molecule has 1 aromatic rings. The van der Waals surface area contributed by atoms with E-state index in [0.29, 0.717) is 36.0 Å². The summed E-state index contributed by atoms with van der Waals surface area (Å²) in [5, 5.41) is 0. The highest BCUT2D eigenvalue weighted by Gasteiger charge is 2.12. The minimum atomic E-state index is -3.72. The summed E-state index contributed by atoms with van der Waals surface area (Å²) in [6, 6.07) is 4.38. The Kier molecular flexibility index (Phi) is 7.29. The quantitative estimate of drug-likeness (QED) is 0.504. The summed E-state index contributed by atoms with van der Waals surface area (Å²) in [5.74, 6) is 1.18. The first kappa shape index (κ1) is 17.8. The Hall–Kier alpha value is -0.300. The molecule has 0 N–H and O–H groups in total. The van der Waals surface area contributed by atoms with Crippen LogP contribution in [-0.4, -0.2) is 28.2 Å². The zero-order valence-electron chi connectivity index (χ0n) is 11.4. The van der Waals surface area contributed by atoms with Crippen LogP contribution in [0, 0.1) is 5.92 Å². The Balaban J connectivity index is 2.42. The van der Waals surface area contributed by atoms with Gasteiger partial charge in [-0.1, -0.05) is 13.8 Å². The summed E-state index contributed by atoms with van der Waals surface area (Å²) in [5.41, 5.74) is 0. The molecule has 0 aliphatic carbocycles. The molecular formula is C13H18BrClO4S. The third-order valence-corrected chi connectivity index (χ3v) is 4.48. The number of halogens is 2. The van der Waals surface area contributed by atoms with Crippen molar-refractivity contribution in [1.82, 2.24) is 0 Å². The number of hydrogen-bond donors (Lipinski definition) is 0. The standard InChI is InChI=1S/C13H18BrClO4S/c1-10(2)5-6-18-7-8-19-13-4-3-11(9-12(13)14)20(15,16)17/h3-4,9-10H,5-8H2,1-2H3. The molecule has 0 saturated carbocycles. The van der Waals surface area contributed by atoms with Gasteiger partial charge in [0.1, 0.15) is 12.4 Å². The van der Waals surface area contributed by atoms with Crippen LogP contribution in [0.3, 0.4) is 0 Å². The Morgan fingerprint density at radius 2 is 1.95 bits per heavy atom. The second-order valence-corrected chi connectivity index (χ2v) is 8.09. The lowest BCUT2D eigenvalue weighted by atomic mass is 10.1. The molecule has 1 aromatic carbocycles. The van der Waals surface area contributed by atoms with Crippen molar-refractivity contribution in [2.24, 2.45) is 5.92 Å². The predicted molar refractivity (Wildman–Crippen MR) is 82.9 cm³/mol. The third-order valence-electron chi connectivity index (χ3n) is 2.51. The number of rotatable bonds is 8. The molecule has 0 fully saturated rings. The van der Waals surface area contributed by atoms with Crippen LogP contribution in [0.15, 0.2) is 27.6 Å². The van der Waals surface area contributed by atoms with E-state index in [-0.39, 0.29) is 4.90 Å². The minimum absolute atomic E-state index is 0.0339. The van der Waals surface area contributed by atoms with Crippen molar-refractivity contribution < 1.29 is 17.9 Å². The first-order valence-corrected chi connectivity index (χ1v) is 9.35. The first-order valence-electron chi connectivity index (χ1n) is 6.25. The smallest absolute Gasteiger partial charge is 0.261 e. The van der Waals surface area contributed by atoms with Gasteiger partial charge in [0.2, 0.25) is 0 Å². The summed E-state index contributed by atoms with van der Waals surface area (Å²) in [6.45, 7) is 5.90. The van der Waals surface area contributed by atoms with E-state index in [1.54, 1.807) is 6.07 Å². The maximum Gasteiger partial charge on any atom is 0.261 e. The van der Waals surface area contributed by atoms with Gasteiger partial charge in [-0.15, -0.1) is 0 Å². The summed E-state index contributed by atoms with van der Waals surface area (Å²) >= 11 is 3.25. The summed E-state index contributed by atoms with van der Waals surface area (Å²) in [6.07, 6.45) is 1.02. The average molecular weight is 386 g/mol. The molecule has 20 heavy (non-hydrogen) atoms. The van der Waals surface area contributed by atoms with E-state index >= 15 is 0 Å². The lowest BCUT2D eigenvalue weighted by molar-refractivity contribution is 0.0923. The van der Waals surface area contributed by atoms with Crippen molar-refractivity contribution >= 4 is 35.7 Å². The largest absolute Gasteiger partial charge is 0.490 e. The summed E-state index contributed by atoms with van der Waals surface area (Å²) < 4.78 is 33.8. The monoisotopic (exact) mass is 384 g/mol. The zero-order chi connectivity index (χ0) is 15.2. The van der Waals surface area contributed by atoms with Gasteiger partial charge in [-0.3, -0.25) is 0 Å². The van der Waals surface area contributed by atoms with Gasteiger partial charge in [-0.25, -0.2) is 8.42 Å². The molecule has 0 saturated heterocycles. The average Bonchev–Trinajstić information content (AvgIpc) is 2.33. The van der Waals surface area contributed by atoms with Gasteiger partial charge in [0.05, 0.1) is 16.0 Å². The minimum Gasteiger partial charge on any atom is -0.490 e. The Labute approximate surface area is 133 Å².